The number of anilines is 1. The van der Waals surface area contributed by atoms with Gasteiger partial charge >= 0.3 is 5.97 Å². The number of nitrogens with two attached hydrogens (primary N) is 1. The summed E-state index contributed by atoms with van der Waals surface area (Å²) < 4.78 is 15.7. The number of nitrogen functional groups attached to an aromatic ring is 1. The van der Waals surface area contributed by atoms with Crippen LogP contribution in [0.15, 0.2) is 24.3 Å². The van der Waals surface area contributed by atoms with Crippen LogP contribution in [0, 0.1) is 0 Å². The molecule has 1 fully saturated rings. The van der Waals surface area contributed by atoms with Crippen LogP contribution in [-0.4, -0.2) is 32.4 Å². The summed E-state index contributed by atoms with van der Waals surface area (Å²) in [6.07, 6.45) is -1.14. The Hall–Kier alpha value is -1.59. The molecule has 2 N–H and O–H groups in total. The number of hydrogen-bond acceptors (Lipinski definition) is 5. The lowest BCUT2D eigenvalue weighted by atomic mass is 10.0. The minimum Gasteiger partial charge on any atom is -0.467 e. The van der Waals surface area contributed by atoms with E-state index in [-0.39, 0.29) is 0 Å². The fourth-order valence-electron chi connectivity index (χ4n) is 1.79. The maximum absolute atomic E-state index is 11.6. The van der Waals surface area contributed by atoms with E-state index in [1.807, 2.05) is 12.1 Å². The van der Waals surface area contributed by atoms with Crippen LogP contribution in [0.3, 0.4) is 0 Å². The van der Waals surface area contributed by atoms with Gasteiger partial charge in [-0.15, -0.1) is 0 Å². The predicted octanol–water partition coefficient (Wildman–Crippen LogP) is 0.898. The third-order valence-corrected chi connectivity index (χ3v) is 2.65. The van der Waals surface area contributed by atoms with Crippen LogP contribution < -0.4 is 5.73 Å². The van der Waals surface area contributed by atoms with Gasteiger partial charge in [0, 0.05) is 5.69 Å². The summed E-state index contributed by atoms with van der Waals surface area (Å²) in [5, 5.41) is 0. The summed E-state index contributed by atoms with van der Waals surface area (Å²) in [5.74, 6) is -0.425. The third-order valence-electron chi connectivity index (χ3n) is 2.65. The molecular weight excluding hydrogens is 222 g/mol. The van der Waals surface area contributed by atoms with Crippen molar-refractivity contribution in [1.29, 1.82) is 0 Å². The standard InChI is InChI=1S/C12H15NO4/c1-15-12(14)11-10(16-6-7-17-11)8-2-4-9(13)5-3-8/h2-5,10-11H,6-7,13H2,1H3. The number of carbonyl (C=O) groups is 1. The van der Waals surface area contributed by atoms with Crippen molar-refractivity contribution in [2.24, 2.45) is 0 Å². The van der Waals surface area contributed by atoms with E-state index < -0.39 is 18.2 Å². The zero-order valence-corrected chi connectivity index (χ0v) is 9.59. The van der Waals surface area contributed by atoms with Crippen LogP contribution in [0.4, 0.5) is 5.69 Å². The van der Waals surface area contributed by atoms with Gasteiger partial charge in [-0.05, 0) is 17.7 Å². The molecule has 0 aromatic heterocycles. The Balaban J connectivity index is 2.21. The van der Waals surface area contributed by atoms with E-state index in [0.29, 0.717) is 18.9 Å². The minimum absolute atomic E-state index is 0.394. The van der Waals surface area contributed by atoms with E-state index in [9.17, 15) is 4.79 Å². The van der Waals surface area contributed by atoms with Crippen molar-refractivity contribution in [3.05, 3.63) is 29.8 Å². The molecule has 1 aliphatic rings. The van der Waals surface area contributed by atoms with Gasteiger partial charge in [-0.2, -0.15) is 0 Å². The first-order valence-electron chi connectivity index (χ1n) is 5.39. The van der Waals surface area contributed by atoms with Gasteiger partial charge in [0.15, 0.2) is 6.10 Å². The topological polar surface area (TPSA) is 70.8 Å². The molecule has 0 amide bonds. The Morgan fingerprint density at radius 1 is 1.29 bits per heavy atom. The van der Waals surface area contributed by atoms with E-state index in [2.05, 4.69) is 0 Å². The van der Waals surface area contributed by atoms with Gasteiger partial charge in [-0.3, -0.25) is 0 Å². The van der Waals surface area contributed by atoms with Gasteiger partial charge < -0.3 is 19.9 Å². The molecule has 0 bridgehead atoms. The smallest absolute Gasteiger partial charge is 0.338 e. The Morgan fingerprint density at radius 3 is 2.59 bits per heavy atom. The van der Waals surface area contributed by atoms with Crippen LogP contribution in [0.1, 0.15) is 11.7 Å². The van der Waals surface area contributed by atoms with Crippen LogP contribution in [0.25, 0.3) is 0 Å². The van der Waals surface area contributed by atoms with Gasteiger partial charge in [0.25, 0.3) is 0 Å². The highest BCUT2D eigenvalue weighted by Gasteiger charge is 2.35. The number of benzene rings is 1. The monoisotopic (exact) mass is 237 g/mol. The van der Waals surface area contributed by atoms with Crippen molar-refractivity contribution in [3.63, 3.8) is 0 Å². The fraction of sp³-hybridized carbons (Fsp3) is 0.417. The second-order valence-corrected chi connectivity index (χ2v) is 3.77. The van der Waals surface area contributed by atoms with Crippen LogP contribution in [-0.2, 0) is 19.0 Å². The summed E-state index contributed by atoms with van der Waals surface area (Å²) in [4.78, 5) is 11.6. The second kappa shape index (κ2) is 5.16. The normalized spacial score (nSPS) is 24.3. The molecule has 5 heteroatoms. The summed E-state index contributed by atoms with van der Waals surface area (Å²) in [5.41, 5.74) is 7.14. The van der Waals surface area contributed by atoms with Gasteiger partial charge in [0.1, 0.15) is 6.10 Å². The van der Waals surface area contributed by atoms with Crippen molar-refractivity contribution in [2.45, 2.75) is 12.2 Å². The van der Waals surface area contributed by atoms with E-state index in [4.69, 9.17) is 19.9 Å². The van der Waals surface area contributed by atoms with Crippen LogP contribution >= 0.6 is 0 Å². The second-order valence-electron chi connectivity index (χ2n) is 3.77. The summed E-state index contributed by atoms with van der Waals surface area (Å²) in [6, 6.07) is 7.18. The number of hydrogen-bond donors (Lipinski definition) is 1. The van der Waals surface area contributed by atoms with Crippen molar-refractivity contribution in [3.8, 4) is 0 Å². The van der Waals surface area contributed by atoms with Crippen molar-refractivity contribution >= 4 is 11.7 Å². The lowest BCUT2D eigenvalue weighted by Crippen LogP contribution is -2.39. The molecule has 2 unspecified atom stereocenters. The van der Waals surface area contributed by atoms with Crippen molar-refractivity contribution in [1.82, 2.24) is 0 Å². The summed E-state index contributed by atoms with van der Waals surface area (Å²) in [7, 11) is 1.33. The number of ether oxygens (including phenoxy) is 3. The lowest BCUT2D eigenvalue weighted by molar-refractivity contribution is -0.184. The average molecular weight is 237 g/mol. The zero-order valence-electron chi connectivity index (χ0n) is 9.59. The molecule has 1 aromatic rings. The number of methoxy groups -OCH3 is 1. The first kappa shape index (κ1) is 11.9. The number of esters is 1. The molecule has 0 radical (unpaired) electrons. The molecule has 1 aromatic carbocycles. The summed E-state index contributed by atoms with van der Waals surface area (Å²) >= 11 is 0. The molecule has 2 rings (SSSR count). The van der Waals surface area contributed by atoms with E-state index in [0.717, 1.165) is 5.56 Å². The summed E-state index contributed by atoms with van der Waals surface area (Å²) in [6.45, 7) is 0.855. The van der Waals surface area contributed by atoms with Gasteiger partial charge in [-0.25, -0.2) is 4.79 Å². The Kier molecular flexibility index (Phi) is 3.61. The van der Waals surface area contributed by atoms with Gasteiger partial charge in [-0.1, -0.05) is 12.1 Å². The van der Waals surface area contributed by atoms with Gasteiger partial charge in [0.05, 0.1) is 20.3 Å². The largest absolute Gasteiger partial charge is 0.467 e. The lowest BCUT2D eigenvalue weighted by Gasteiger charge is -2.30. The molecule has 0 spiro atoms. The first-order chi connectivity index (χ1) is 8.22. The van der Waals surface area contributed by atoms with Crippen molar-refractivity contribution < 1.29 is 19.0 Å². The predicted molar refractivity (Wildman–Crippen MR) is 61.3 cm³/mol. The Bertz CT molecular complexity index is 390. The molecule has 0 saturated carbocycles. The SMILES string of the molecule is COC(=O)C1OCCOC1c1ccc(N)cc1. The van der Waals surface area contributed by atoms with Crippen LogP contribution in [0.5, 0.6) is 0 Å². The molecule has 1 saturated heterocycles. The number of rotatable bonds is 2. The highest BCUT2D eigenvalue weighted by Crippen LogP contribution is 2.27. The Labute approximate surface area is 99.5 Å². The first-order valence-corrected chi connectivity index (χ1v) is 5.39. The number of carbonyl (C=O) groups excluding carboxylic acids is 1. The molecule has 17 heavy (non-hydrogen) atoms. The molecule has 2 atom stereocenters. The Morgan fingerprint density at radius 2 is 1.94 bits per heavy atom. The highest BCUT2D eigenvalue weighted by atomic mass is 16.6. The quantitative estimate of drug-likeness (QED) is 0.611. The third kappa shape index (κ3) is 2.57. The molecule has 1 heterocycles. The van der Waals surface area contributed by atoms with Crippen molar-refractivity contribution in [2.75, 3.05) is 26.1 Å². The highest BCUT2D eigenvalue weighted by molar-refractivity contribution is 5.75. The molecule has 0 aliphatic carbocycles. The average Bonchev–Trinajstić information content (AvgIpc) is 2.39. The molecular formula is C12H15NO4. The van der Waals surface area contributed by atoms with Crippen LogP contribution in [0.2, 0.25) is 0 Å². The van der Waals surface area contributed by atoms with E-state index >= 15 is 0 Å². The molecule has 92 valence electrons. The fourth-order valence-corrected chi connectivity index (χ4v) is 1.79. The zero-order chi connectivity index (χ0) is 12.3. The minimum atomic E-state index is -0.711. The van der Waals surface area contributed by atoms with Gasteiger partial charge in [0.2, 0.25) is 0 Å². The molecule has 5 nitrogen and oxygen atoms in total. The maximum Gasteiger partial charge on any atom is 0.338 e. The van der Waals surface area contributed by atoms with E-state index in [1.165, 1.54) is 7.11 Å². The maximum atomic E-state index is 11.6. The van der Waals surface area contributed by atoms with E-state index in [1.54, 1.807) is 12.1 Å². The molecule has 1 aliphatic heterocycles.